The number of benzene rings is 1. The molecule has 0 saturated carbocycles. The summed E-state index contributed by atoms with van der Waals surface area (Å²) in [5, 5.41) is 3.33. The van der Waals surface area contributed by atoms with Crippen molar-refractivity contribution in [3.63, 3.8) is 0 Å². The number of hydrogen-bond acceptors (Lipinski definition) is 3. The van der Waals surface area contributed by atoms with Crippen molar-refractivity contribution in [3.8, 4) is 5.75 Å². The van der Waals surface area contributed by atoms with Gasteiger partial charge in [-0.2, -0.15) is 0 Å². The summed E-state index contributed by atoms with van der Waals surface area (Å²) < 4.78 is 5.72. The van der Waals surface area contributed by atoms with Crippen LogP contribution in [0.3, 0.4) is 0 Å². The SMILES string of the molecule is CC(C)Oc1ccccc1C(=O)CC1CCNCC1. The molecule has 0 spiro atoms. The van der Waals surface area contributed by atoms with E-state index in [-0.39, 0.29) is 11.9 Å². The highest BCUT2D eigenvalue weighted by molar-refractivity contribution is 5.98. The van der Waals surface area contributed by atoms with Gasteiger partial charge in [0.05, 0.1) is 11.7 Å². The molecule has 3 nitrogen and oxygen atoms in total. The van der Waals surface area contributed by atoms with Crippen LogP contribution in [0.1, 0.15) is 43.5 Å². The van der Waals surface area contributed by atoms with Crippen molar-refractivity contribution in [3.05, 3.63) is 29.8 Å². The summed E-state index contributed by atoms with van der Waals surface area (Å²) in [6, 6.07) is 7.58. The highest BCUT2D eigenvalue weighted by Crippen LogP contribution is 2.25. The topological polar surface area (TPSA) is 38.3 Å². The first-order chi connectivity index (χ1) is 9.16. The summed E-state index contributed by atoms with van der Waals surface area (Å²) in [6.07, 6.45) is 2.92. The first-order valence-corrected chi connectivity index (χ1v) is 7.16. The Hall–Kier alpha value is -1.35. The van der Waals surface area contributed by atoms with Gasteiger partial charge in [0.25, 0.3) is 0 Å². The molecule has 0 amide bonds. The van der Waals surface area contributed by atoms with Crippen LogP contribution in [0.4, 0.5) is 0 Å². The Bertz CT molecular complexity index is 423. The summed E-state index contributed by atoms with van der Waals surface area (Å²) in [7, 11) is 0. The molecule has 1 aliphatic rings. The van der Waals surface area contributed by atoms with Gasteiger partial charge in [-0.15, -0.1) is 0 Å². The number of carbonyl (C=O) groups is 1. The molecular formula is C16H23NO2. The molecule has 0 bridgehead atoms. The minimum absolute atomic E-state index is 0.0906. The lowest BCUT2D eigenvalue weighted by Crippen LogP contribution is -2.29. The Morgan fingerprint density at radius 3 is 2.68 bits per heavy atom. The van der Waals surface area contributed by atoms with Crippen molar-refractivity contribution in [2.24, 2.45) is 5.92 Å². The van der Waals surface area contributed by atoms with Crippen LogP contribution < -0.4 is 10.1 Å². The van der Waals surface area contributed by atoms with Crippen molar-refractivity contribution in [2.75, 3.05) is 13.1 Å². The molecule has 0 atom stereocenters. The number of nitrogens with one attached hydrogen (secondary N) is 1. The van der Waals surface area contributed by atoms with Crippen LogP contribution in [0.5, 0.6) is 5.75 Å². The monoisotopic (exact) mass is 261 g/mol. The molecule has 2 rings (SSSR count). The van der Waals surface area contributed by atoms with E-state index in [4.69, 9.17) is 4.74 Å². The van der Waals surface area contributed by atoms with Crippen LogP contribution in [0.2, 0.25) is 0 Å². The highest BCUT2D eigenvalue weighted by atomic mass is 16.5. The molecule has 0 aromatic heterocycles. The van der Waals surface area contributed by atoms with Gasteiger partial charge in [-0.05, 0) is 57.8 Å². The number of ketones is 1. The quantitative estimate of drug-likeness (QED) is 0.828. The average molecular weight is 261 g/mol. The van der Waals surface area contributed by atoms with Crippen LogP contribution in [-0.2, 0) is 0 Å². The van der Waals surface area contributed by atoms with Gasteiger partial charge in [0.2, 0.25) is 0 Å². The normalized spacial score (nSPS) is 16.6. The lowest BCUT2D eigenvalue weighted by molar-refractivity contribution is 0.0946. The first-order valence-electron chi connectivity index (χ1n) is 7.16. The van der Waals surface area contributed by atoms with Crippen molar-refractivity contribution in [1.29, 1.82) is 0 Å². The van der Waals surface area contributed by atoms with Crippen LogP contribution >= 0.6 is 0 Å². The minimum atomic E-state index is 0.0906. The summed E-state index contributed by atoms with van der Waals surface area (Å²) in [4.78, 5) is 12.4. The molecule has 1 saturated heterocycles. The van der Waals surface area contributed by atoms with E-state index in [1.807, 2.05) is 38.1 Å². The molecule has 0 unspecified atom stereocenters. The van der Waals surface area contributed by atoms with Crippen molar-refractivity contribution < 1.29 is 9.53 Å². The van der Waals surface area contributed by atoms with Gasteiger partial charge in [-0.1, -0.05) is 12.1 Å². The Labute approximate surface area is 115 Å². The van der Waals surface area contributed by atoms with Crippen LogP contribution in [0.25, 0.3) is 0 Å². The second-order valence-electron chi connectivity index (χ2n) is 5.48. The highest BCUT2D eigenvalue weighted by Gasteiger charge is 2.20. The third-order valence-electron chi connectivity index (χ3n) is 3.48. The average Bonchev–Trinajstić information content (AvgIpc) is 2.39. The third-order valence-corrected chi connectivity index (χ3v) is 3.48. The Morgan fingerprint density at radius 1 is 1.32 bits per heavy atom. The van der Waals surface area contributed by atoms with Gasteiger partial charge in [0.1, 0.15) is 5.75 Å². The standard InChI is InChI=1S/C16H23NO2/c1-12(2)19-16-6-4-3-5-14(16)15(18)11-13-7-9-17-10-8-13/h3-6,12-13,17H,7-11H2,1-2H3. The molecule has 19 heavy (non-hydrogen) atoms. The lowest BCUT2D eigenvalue weighted by Gasteiger charge is -2.22. The van der Waals surface area contributed by atoms with Gasteiger partial charge in [-0.3, -0.25) is 4.79 Å². The van der Waals surface area contributed by atoms with E-state index in [2.05, 4.69) is 5.32 Å². The molecule has 1 aromatic carbocycles. The minimum Gasteiger partial charge on any atom is -0.490 e. The lowest BCUT2D eigenvalue weighted by atomic mass is 9.90. The van der Waals surface area contributed by atoms with Gasteiger partial charge in [0, 0.05) is 6.42 Å². The third kappa shape index (κ3) is 4.06. The van der Waals surface area contributed by atoms with Gasteiger partial charge in [-0.25, -0.2) is 0 Å². The van der Waals surface area contributed by atoms with E-state index < -0.39 is 0 Å². The number of para-hydroxylation sites is 1. The van der Waals surface area contributed by atoms with E-state index in [0.717, 1.165) is 37.2 Å². The number of ether oxygens (including phenoxy) is 1. The number of Topliss-reactive ketones (excluding diaryl/α,β-unsaturated/α-hetero) is 1. The molecule has 1 fully saturated rings. The predicted octanol–water partition coefficient (Wildman–Crippen LogP) is 3.05. The van der Waals surface area contributed by atoms with Crippen molar-refractivity contribution >= 4 is 5.78 Å². The molecule has 1 heterocycles. The number of piperidine rings is 1. The smallest absolute Gasteiger partial charge is 0.166 e. The largest absolute Gasteiger partial charge is 0.490 e. The Morgan fingerprint density at radius 2 is 2.00 bits per heavy atom. The van der Waals surface area contributed by atoms with Crippen molar-refractivity contribution in [2.45, 2.75) is 39.2 Å². The molecule has 3 heteroatoms. The van der Waals surface area contributed by atoms with Gasteiger partial charge >= 0.3 is 0 Å². The molecule has 1 N–H and O–H groups in total. The maximum absolute atomic E-state index is 12.4. The van der Waals surface area contributed by atoms with Crippen molar-refractivity contribution in [1.82, 2.24) is 5.32 Å². The van der Waals surface area contributed by atoms with E-state index in [9.17, 15) is 4.79 Å². The molecule has 1 aromatic rings. The maximum Gasteiger partial charge on any atom is 0.166 e. The molecule has 1 aliphatic heterocycles. The summed E-state index contributed by atoms with van der Waals surface area (Å²) in [6.45, 7) is 6.02. The Kier molecular flexibility index (Phi) is 4.97. The zero-order valence-corrected chi connectivity index (χ0v) is 11.8. The Balaban J connectivity index is 2.05. The van der Waals surface area contributed by atoms with Gasteiger partial charge < -0.3 is 10.1 Å². The van der Waals surface area contributed by atoms with E-state index in [1.54, 1.807) is 0 Å². The zero-order chi connectivity index (χ0) is 13.7. The van der Waals surface area contributed by atoms with E-state index in [1.165, 1.54) is 0 Å². The summed E-state index contributed by atoms with van der Waals surface area (Å²) in [5.41, 5.74) is 0.731. The number of hydrogen-bond donors (Lipinski definition) is 1. The first kappa shape index (κ1) is 14.1. The van der Waals surface area contributed by atoms with Crippen LogP contribution in [0.15, 0.2) is 24.3 Å². The summed E-state index contributed by atoms with van der Waals surface area (Å²) >= 11 is 0. The fourth-order valence-corrected chi connectivity index (χ4v) is 2.51. The maximum atomic E-state index is 12.4. The molecule has 104 valence electrons. The number of rotatable bonds is 5. The second kappa shape index (κ2) is 6.71. The van der Waals surface area contributed by atoms with E-state index >= 15 is 0 Å². The number of carbonyl (C=O) groups excluding carboxylic acids is 1. The zero-order valence-electron chi connectivity index (χ0n) is 11.8. The van der Waals surface area contributed by atoms with E-state index in [0.29, 0.717) is 12.3 Å². The summed E-state index contributed by atoms with van der Waals surface area (Å²) in [5.74, 6) is 1.44. The van der Waals surface area contributed by atoms with Gasteiger partial charge in [0.15, 0.2) is 5.78 Å². The van der Waals surface area contributed by atoms with Crippen LogP contribution in [-0.4, -0.2) is 25.0 Å². The fourth-order valence-electron chi connectivity index (χ4n) is 2.51. The fraction of sp³-hybridized carbons (Fsp3) is 0.562. The molecule has 0 aliphatic carbocycles. The second-order valence-corrected chi connectivity index (χ2v) is 5.48. The molecular weight excluding hydrogens is 238 g/mol. The predicted molar refractivity (Wildman–Crippen MR) is 76.7 cm³/mol. The van der Waals surface area contributed by atoms with Crippen LogP contribution in [0, 0.1) is 5.92 Å². The molecule has 0 radical (unpaired) electrons.